The Morgan fingerprint density at radius 2 is 1.94 bits per heavy atom. The fourth-order valence-corrected chi connectivity index (χ4v) is 3.37. The molecule has 0 unspecified atom stereocenters. The Labute approximate surface area is 185 Å². The summed E-state index contributed by atoms with van der Waals surface area (Å²) >= 11 is 5.64. The summed E-state index contributed by atoms with van der Waals surface area (Å²) in [6.45, 7) is 3.71. The normalized spacial score (nSPS) is 11.6. The van der Waals surface area contributed by atoms with Gasteiger partial charge in [-0.05, 0) is 37.1 Å². The number of rotatable bonds is 6. The van der Waals surface area contributed by atoms with Gasteiger partial charge in [0.25, 0.3) is 11.4 Å². The zero-order valence-corrected chi connectivity index (χ0v) is 17.9. The number of aliphatic hydroxyl groups is 2. The van der Waals surface area contributed by atoms with Crippen LogP contribution in [0.15, 0.2) is 67.0 Å². The highest BCUT2D eigenvalue weighted by Crippen LogP contribution is 2.24. The van der Waals surface area contributed by atoms with E-state index in [9.17, 15) is 20.3 Å². The number of nitro groups is 1. The molecule has 0 radical (unpaired) electrons. The Kier molecular flexibility index (Phi) is 6.74. The first-order valence-electron chi connectivity index (χ1n) is 9.48. The van der Waals surface area contributed by atoms with Crippen LogP contribution in [0, 0.1) is 24.0 Å². The van der Waals surface area contributed by atoms with Gasteiger partial charge in [0.05, 0.1) is 11.5 Å². The fourth-order valence-electron chi connectivity index (χ4n) is 3.06. The molecule has 1 aromatic heterocycles. The predicted octanol–water partition coefficient (Wildman–Crippen LogP) is 4.31. The van der Waals surface area contributed by atoms with Crippen molar-refractivity contribution in [1.82, 2.24) is 0 Å². The minimum atomic E-state index is -0.525. The quantitative estimate of drug-likeness (QED) is 0.133. The molecule has 3 N–H and O–H groups in total. The number of thiocarbonyl (C=S) groups is 1. The van der Waals surface area contributed by atoms with E-state index in [1.807, 2.05) is 32.0 Å². The molecule has 0 spiro atoms. The molecule has 31 heavy (non-hydrogen) atoms. The molecule has 158 valence electrons. The molecule has 0 saturated heterocycles. The van der Waals surface area contributed by atoms with E-state index in [1.165, 1.54) is 18.2 Å². The van der Waals surface area contributed by atoms with Crippen LogP contribution in [0.4, 0.5) is 11.4 Å². The van der Waals surface area contributed by atoms with Gasteiger partial charge < -0.3 is 15.5 Å². The van der Waals surface area contributed by atoms with Crippen molar-refractivity contribution < 1.29 is 19.7 Å². The molecule has 0 amide bonds. The van der Waals surface area contributed by atoms with Crippen LogP contribution in [0.1, 0.15) is 22.3 Å². The van der Waals surface area contributed by atoms with Crippen LogP contribution in [0.3, 0.4) is 0 Å². The summed E-state index contributed by atoms with van der Waals surface area (Å²) in [4.78, 5) is 10.9. The van der Waals surface area contributed by atoms with E-state index in [0.717, 1.165) is 16.8 Å². The summed E-state index contributed by atoms with van der Waals surface area (Å²) in [6.07, 6.45) is 3.32. The highest BCUT2D eigenvalue weighted by Gasteiger charge is 2.25. The number of hydrogen-bond acceptors (Lipinski definition) is 5. The molecule has 0 aliphatic rings. The van der Waals surface area contributed by atoms with Crippen LogP contribution in [0.25, 0.3) is 11.5 Å². The van der Waals surface area contributed by atoms with E-state index in [-0.39, 0.29) is 34.3 Å². The molecule has 7 nitrogen and oxygen atoms in total. The van der Waals surface area contributed by atoms with Gasteiger partial charge in [0.2, 0.25) is 0 Å². The maximum Gasteiger partial charge on any atom is 0.288 e. The third-order valence-corrected chi connectivity index (χ3v) is 5.01. The largest absolute Gasteiger partial charge is 0.502 e. The van der Waals surface area contributed by atoms with Crippen LogP contribution >= 0.6 is 12.2 Å². The van der Waals surface area contributed by atoms with Crippen molar-refractivity contribution in [3.63, 3.8) is 0 Å². The number of nitrogens with one attached hydrogen (secondary N) is 1. The van der Waals surface area contributed by atoms with Crippen molar-refractivity contribution in [1.29, 1.82) is 0 Å². The smallest absolute Gasteiger partial charge is 0.288 e. The van der Waals surface area contributed by atoms with Crippen molar-refractivity contribution in [3.8, 4) is 0 Å². The van der Waals surface area contributed by atoms with Crippen molar-refractivity contribution in [2.45, 2.75) is 20.5 Å². The lowest BCUT2D eigenvalue weighted by Crippen LogP contribution is -2.39. The average molecular weight is 437 g/mol. The van der Waals surface area contributed by atoms with Gasteiger partial charge >= 0.3 is 0 Å². The first kappa shape index (κ1) is 22.1. The maximum absolute atomic E-state index is 11.2. The Hall–Kier alpha value is -3.62. The van der Waals surface area contributed by atoms with Gasteiger partial charge in [-0.25, -0.2) is 0 Å². The molecule has 0 aliphatic carbocycles. The fraction of sp³-hybridized carbons (Fsp3) is 0.130. The van der Waals surface area contributed by atoms with Crippen molar-refractivity contribution >= 4 is 40.0 Å². The summed E-state index contributed by atoms with van der Waals surface area (Å²) in [5, 5.41) is 35.0. The van der Waals surface area contributed by atoms with E-state index >= 15 is 0 Å². The topological polar surface area (TPSA) is 99.5 Å². The Balaban J connectivity index is 2.15. The Morgan fingerprint density at radius 1 is 1.16 bits per heavy atom. The number of anilines is 1. The Morgan fingerprint density at radius 3 is 2.65 bits per heavy atom. The second kappa shape index (κ2) is 9.46. The molecular weight excluding hydrogens is 414 g/mol. The molecule has 3 rings (SSSR count). The monoisotopic (exact) mass is 436 g/mol. The van der Waals surface area contributed by atoms with Crippen LogP contribution in [0.2, 0.25) is 0 Å². The molecule has 0 fully saturated rings. The zero-order chi connectivity index (χ0) is 22.5. The third kappa shape index (κ3) is 5.11. The number of non-ortho nitro benzene ring substituents is 1. The molecule has 0 saturated carbocycles. The van der Waals surface area contributed by atoms with Crippen molar-refractivity contribution in [2.24, 2.45) is 0 Å². The summed E-state index contributed by atoms with van der Waals surface area (Å²) in [5.41, 5.74) is 3.74. The summed E-state index contributed by atoms with van der Waals surface area (Å²) in [7, 11) is 0. The Bertz CT molecular complexity index is 1190. The van der Waals surface area contributed by atoms with Gasteiger partial charge in [-0.15, -0.1) is 0 Å². The highest BCUT2D eigenvalue weighted by atomic mass is 32.1. The number of nitrogens with zero attached hydrogens (tertiary/aromatic N) is 2. The van der Waals surface area contributed by atoms with Crippen molar-refractivity contribution in [3.05, 3.63) is 99.4 Å². The van der Waals surface area contributed by atoms with Gasteiger partial charge in [-0.2, -0.15) is 4.57 Å². The van der Waals surface area contributed by atoms with E-state index < -0.39 is 4.92 Å². The molecule has 2 aromatic carbocycles. The molecule has 8 heteroatoms. The van der Waals surface area contributed by atoms with Crippen LogP contribution < -0.4 is 9.88 Å². The lowest BCUT2D eigenvalue weighted by molar-refractivity contribution is -0.576. The third-order valence-electron chi connectivity index (χ3n) is 4.71. The number of aromatic nitrogens is 1. The molecule has 0 atom stereocenters. The first-order chi connectivity index (χ1) is 14.8. The van der Waals surface area contributed by atoms with E-state index in [0.29, 0.717) is 5.56 Å². The van der Waals surface area contributed by atoms with Gasteiger partial charge in [-0.1, -0.05) is 36.5 Å². The molecule has 3 aromatic rings. The van der Waals surface area contributed by atoms with Crippen LogP contribution in [-0.2, 0) is 6.61 Å². The number of aliphatic hydroxyl groups excluding tert-OH is 2. The zero-order valence-electron chi connectivity index (χ0n) is 17.1. The van der Waals surface area contributed by atoms with E-state index in [4.69, 9.17) is 12.2 Å². The highest BCUT2D eigenvalue weighted by molar-refractivity contribution is 7.81. The van der Waals surface area contributed by atoms with Gasteiger partial charge in [0, 0.05) is 35.0 Å². The summed E-state index contributed by atoms with van der Waals surface area (Å²) in [5.74, 6) is -0.230. The number of hydrogen-bond donors (Lipinski definition) is 3. The molecule has 1 heterocycles. The number of pyridine rings is 1. The summed E-state index contributed by atoms with van der Waals surface area (Å²) in [6, 6.07) is 15.0. The van der Waals surface area contributed by atoms with E-state index in [1.54, 1.807) is 35.2 Å². The lowest BCUT2D eigenvalue weighted by Gasteiger charge is -2.13. The lowest BCUT2D eigenvalue weighted by atomic mass is 10.1. The van der Waals surface area contributed by atoms with Gasteiger partial charge in [-0.3, -0.25) is 10.1 Å². The van der Waals surface area contributed by atoms with Crippen LogP contribution in [-0.4, -0.2) is 20.1 Å². The number of nitro benzene ring substituents is 1. The first-order valence-corrected chi connectivity index (χ1v) is 9.89. The minimum absolute atomic E-state index is 0.147. The number of benzene rings is 2. The average Bonchev–Trinajstić information content (AvgIpc) is 2.76. The second-order valence-electron chi connectivity index (χ2n) is 7.05. The SMILES string of the molecule is Cc1ccc(C)c(NC(=S)/C(=C(\O)c2cccc([N+](=O)[O-])c2)[n+]2cccc(CO)c2)c1. The maximum atomic E-state index is 11.2. The molecule has 0 bridgehead atoms. The minimum Gasteiger partial charge on any atom is -0.502 e. The molecule has 0 aliphatic heterocycles. The number of aryl methyl sites for hydroxylation is 2. The standard InChI is InChI=1S/C23H21N3O4S/c1-15-8-9-16(2)20(11-15)24-23(31)21(25-10-4-5-17(13-25)14-27)22(28)18-6-3-7-19(12-18)26(29)30/h3-13,27H,14H2,1-2H3,(H-,24,28,31)/p+1. The van der Waals surface area contributed by atoms with E-state index in [2.05, 4.69) is 5.32 Å². The molecular formula is C23H22N3O4S+. The van der Waals surface area contributed by atoms with Gasteiger partial charge in [0.15, 0.2) is 23.1 Å². The second-order valence-corrected chi connectivity index (χ2v) is 7.46. The summed E-state index contributed by atoms with van der Waals surface area (Å²) < 4.78 is 1.58. The van der Waals surface area contributed by atoms with Crippen molar-refractivity contribution in [2.75, 3.05) is 5.32 Å². The van der Waals surface area contributed by atoms with Gasteiger partial charge in [0.1, 0.15) is 0 Å². The predicted molar refractivity (Wildman–Crippen MR) is 124 cm³/mol. The van der Waals surface area contributed by atoms with Crippen LogP contribution in [0.5, 0.6) is 0 Å².